The second kappa shape index (κ2) is 5.58. The summed E-state index contributed by atoms with van der Waals surface area (Å²) in [6.45, 7) is 1.33. The summed E-state index contributed by atoms with van der Waals surface area (Å²) in [7, 11) is 0. The summed E-state index contributed by atoms with van der Waals surface area (Å²) in [5.41, 5.74) is 2.41. The third-order valence-electron chi connectivity index (χ3n) is 2.14. The Morgan fingerprint density at radius 1 is 1.18 bits per heavy atom. The van der Waals surface area contributed by atoms with E-state index in [1.165, 1.54) is 6.07 Å². The second-order valence-electron chi connectivity index (χ2n) is 3.47. The predicted octanol–water partition coefficient (Wildman–Crippen LogP) is 2.40. The molecule has 0 aromatic carbocycles. The van der Waals surface area contributed by atoms with E-state index in [-0.39, 0.29) is 5.69 Å². The normalized spacial score (nSPS) is 12.1. The van der Waals surface area contributed by atoms with Crippen molar-refractivity contribution in [1.82, 2.24) is 9.55 Å². The number of aromatic amines is 1. The molecule has 4 heteroatoms. The largest absolute Gasteiger partial charge is 0.351 e. The van der Waals surface area contributed by atoms with Crippen LogP contribution in [0.5, 0.6) is 0 Å². The third-order valence-corrected chi connectivity index (χ3v) is 2.14. The SMILES string of the molecule is Cc1ccc(C#N)[nH]1.[2H]C([2H])([2H])n1c(C)ccc1C#N. The van der Waals surface area contributed by atoms with Crippen molar-refractivity contribution in [1.29, 1.82) is 10.5 Å². The van der Waals surface area contributed by atoms with Crippen LogP contribution in [0.4, 0.5) is 0 Å². The van der Waals surface area contributed by atoms with Crippen molar-refractivity contribution in [2.75, 3.05) is 0 Å². The first-order valence-electron chi connectivity index (χ1n) is 6.44. The molecule has 1 N–H and O–H groups in total. The molecule has 2 aromatic heterocycles. The van der Waals surface area contributed by atoms with Gasteiger partial charge in [-0.25, -0.2) is 0 Å². The highest BCUT2D eigenvalue weighted by atomic mass is 14.9. The minimum atomic E-state index is -2.25. The minimum Gasteiger partial charge on any atom is -0.351 e. The summed E-state index contributed by atoms with van der Waals surface area (Å²) in [5, 5.41) is 16.8. The van der Waals surface area contributed by atoms with Crippen LogP contribution >= 0.6 is 0 Å². The quantitative estimate of drug-likeness (QED) is 0.753. The van der Waals surface area contributed by atoms with Gasteiger partial charge in [0.15, 0.2) is 0 Å². The Morgan fingerprint density at radius 3 is 2.29 bits per heavy atom. The molecular formula is C13H14N4. The number of rotatable bonds is 0. The zero-order valence-electron chi connectivity index (χ0n) is 12.7. The van der Waals surface area contributed by atoms with E-state index in [0.29, 0.717) is 11.4 Å². The van der Waals surface area contributed by atoms with Crippen molar-refractivity contribution in [2.24, 2.45) is 6.98 Å². The fourth-order valence-corrected chi connectivity index (χ4v) is 1.20. The molecule has 0 fully saturated rings. The smallest absolute Gasteiger partial charge is 0.120 e. The van der Waals surface area contributed by atoms with Crippen molar-refractivity contribution >= 4 is 0 Å². The highest BCUT2D eigenvalue weighted by Gasteiger charge is 1.96. The lowest BCUT2D eigenvalue weighted by Gasteiger charge is -1.94. The number of hydrogen-bond donors (Lipinski definition) is 1. The van der Waals surface area contributed by atoms with Crippen LogP contribution in [0.15, 0.2) is 24.3 Å². The summed E-state index contributed by atoms with van der Waals surface area (Å²) >= 11 is 0. The van der Waals surface area contributed by atoms with E-state index in [1.807, 2.05) is 25.1 Å². The van der Waals surface area contributed by atoms with Crippen LogP contribution in [0.1, 0.15) is 26.9 Å². The molecule has 0 aliphatic carbocycles. The van der Waals surface area contributed by atoms with Crippen molar-refractivity contribution in [3.05, 3.63) is 47.0 Å². The number of nitrogens with zero attached hydrogens (tertiary/aromatic N) is 3. The first-order valence-corrected chi connectivity index (χ1v) is 4.94. The number of aromatic nitrogens is 2. The average Bonchev–Trinajstić information content (AvgIpc) is 2.94. The molecule has 0 atom stereocenters. The van der Waals surface area contributed by atoms with E-state index in [0.717, 1.165) is 10.3 Å². The fourth-order valence-electron chi connectivity index (χ4n) is 1.20. The number of H-pyrrole nitrogens is 1. The van der Waals surface area contributed by atoms with Gasteiger partial charge in [0.05, 0.1) is 0 Å². The van der Waals surface area contributed by atoms with Crippen LogP contribution in [0, 0.1) is 36.5 Å². The van der Waals surface area contributed by atoms with Gasteiger partial charge in [0, 0.05) is 22.5 Å². The molecule has 0 aliphatic rings. The summed E-state index contributed by atoms with van der Waals surface area (Å²) in [4.78, 5) is 2.86. The van der Waals surface area contributed by atoms with Crippen molar-refractivity contribution < 1.29 is 4.11 Å². The number of hydrogen-bond acceptors (Lipinski definition) is 2. The van der Waals surface area contributed by atoms with Gasteiger partial charge in [0.25, 0.3) is 0 Å². The van der Waals surface area contributed by atoms with Crippen LogP contribution in [-0.4, -0.2) is 9.55 Å². The zero-order chi connectivity index (χ0) is 15.3. The standard InChI is InChI=1S/C7H8N2.C6H6N2/c1-6-3-4-7(5-8)9(6)2;1-5-2-3-6(4-7)8-5/h3-4H,1-2H3;2-3,8H,1H3/i2D3;. The molecule has 0 unspecified atom stereocenters. The highest BCUT2D eigenvalue weighted by molar-refractivity contribution is 5.25. The van der Waals surface area contributed by atoms with E-state index in [1.54, 1.807) is 19.1 Å². The molecule has 0 amide bonds. The number of nitriles is 2. The Balaban J connectivity index is 0.000000217. The molecule has 0 aliphatic heterocycles. The first-order chi connectivity index (χ1) is 9.29. The van der Waals surface area contributed by atoms with Crippen LogP contribution in [0.25, 0.3) is 0 Å². The van der Waals surface area contributed by atoms with E-state index in [2.05, 4.69) is 4.98 Å². The molecule has 0 bridgehead atoms. The zero-order valence-corrected chi connectivity index (χ0v) is 9.65. The minimum absolute atomic E-state index is 0.174. The molecule has 2 aromatic rings. The maximum Gasteiger partial charge on any atom is 0.120 e. The third kappa shape index (κ3) is 3.25. The molecule has 0 saturated heterocycles. The molecule has 2 heterocycles. The van der Waals surface area contributed by atoms with Gasteiger partial charge in [-0.15, -0.1) is 0 Å². The second-order valence-corrected chi connectivity index (χ2v) is 3.47. The topological polar surface area (TPSA) is 68.3 Å². The van der Waals surface area contributed by atoms with Gasteiger partial charge in [-0.3, -0.25) is 0 Å². The van der Waals surface area contributed by atoms with Gasteiger partial charge >= 0.3 is 0 Å². The molecular weight excluding hydrogens is 212 g/mol. The van der Waals surface area contributed by atoms with Crippen LogP contribution in [0.2, 0.25) is 0 Å². The summed E-state index contributed by atoms with van der Waals surface area (Å²) in [6.07, 6.45) is 0. The highest BCUT2D eigenvalue weighted by Crippen LogP contribution is 2.02. The monoisotopic (exact) mass is 229 g/mol. The Morgan fingerprint density at radius 2 is 1.94 bits per heavy atom. The predicted molar refractivity (Wildman–Crippen MR) is 65.1 cm³/mol. The Labute approximate surface area is 105 Å². The van der Waals surface area contributed by atoms with Gasteiger partial charge in [-0.1, -0.05) is 0 Å². The molecule has 17 heavy (non-hydrogen) atoms. The lowest BCUT2D eigenvalue weighted by atomic mass is 10.5. The lowest BCUT2D eigenvalue weighted by molar-refractivity contribution is 0.866. The Hall–Kier alpha value is -2.46. The Kier molecular flexibility index (Phi) is 2.84. The molecule has 0 radical (unpaired) electrons. The molecule has 0 saturated carbocycles. The first kappa shape index (κ1) is 8.66. The van der Waals surface area contributed by atoms with E-state index >= 15 is 0 Å². The molecule has 0 spiro atoms. The molecule has 2 rings (SSSR count). The number of nitrogens with one attached hydrogen (secondary N) is 1. The average molecular weight is 229 g/mol. The van der Waals surface area contributed by atoms with Crippen LogP contribution in [0.3, 0.4) is 0 Å². The van der Waals surface area contributed by atoms with Crippen LogP contribution in [-0.2, 0) is 6.98 Å². The van der Waals surface area contributed by atoms with E-state index in [4.69, 9.17) is 14.6 Å². The molecule has 4 nitrogen and oxygen atoms in total. The summed E-state index contributed by atoms with van der Waals surface area (Å²) < 4.78 is 22.4. The number of aryl methyl sites for hydroxylation is 2. The summed E-state index contributed by atoms with van der Waals surface area (Å²) in [5.74, 6) is 0. The summed E-state index contributed by atoms with van der Waals surface area (Å²) in [6, 6.07) is 10.6. The van der Waals surface area contributed by atoms with Gasteiger partial charge in [-0.05, 0) is 38.1 Å². The lowest BCUT2D eigenvalue weighted by Crippen LogP contribution is -1.92. The van der Waals surface area contributed by atoms with Gasteiger partial charge in [0.1, 0.15) is 23.5 Å². The van der Waals surface area contributed by atoms with Gasteiger partial charge in [-0.2, -0.15) is 10.5 Å². The Bertz CT molecular complexity index is 665. The maximum absolute atomic E-state index is 8.57. The van der Waals surface area contributed by atoms with Crippen molar-refractivity contribution in [3.8, 4) is 12.1 Å². The van der Waals surface area contributed by atoms with E-state index < -0.39 is 6.98 Å². The fraction of sp³-hybridized carbons (Fsp3) is 0.231. The van der Waals surface area contributed by atoms with Crippen molar-refractivity contribution in [3.63, 3.8) is 0 Å². The molecule has 86 valence electrons. The maximum atomic E-state index is 8.57. The van der Waals surface area contributed by atoms with Gasteiger partial charge < -0.3 is 9.55 Å². The van der Waals surface area contributed by atoms with Gasteiger partial charge in [0.2, 0.25) is 0 Å². The van der Waals surface area contributed by atoms with Crippen LogP contribution < -0.4 is 0 Å². The van der Waals surface area contributed by atoms with E-state index in [9.17, 15) is 0 Å². The van der Waals surface area contributed by atoms with Crippen molar-refractivity contribution in [2.45, 2.75) is 13.8 Å².